The normalized spacial score (nSPS) is 14.0. The molecule has 0 heterocycles. The topological polar surface area (TPSA) is 0 Å². The van der Waals surface area contributed by atoms with Crippen molar-refractivity contribution in [2.45, 2.75) is 240 Å². The summed E-state index contributed by atoms with van der Waals surface area (Å²) in [6, 6.07) is 0. The van der Waals surface area contributed by atoms with Gasteiger partial charge in [0.1, 0.15) is 0 Å². The molecule has 0 saturated carbocycles. The van der Waals surface area contributed by atoms with E-state index in [1.165, 1.54) is 205 Å². The summed E-state index contributed by atoms with van der Waals surface area (Å²) in [5.74, 6) is 2.87. The van der Waals surface area contributed by atoms with Gasteiger partial charge in [0, 0.05) is 0 Å². The van der Waals surface area contributed by atoms with Gasteiger partial charge in [-0.3, -0.25) is 0 Å². The van der Waals surface area contributed by atoms with Crippen LogP contribution < -0.4 is 0 Å². The molecule has 0 saturated heterocycles. The Kier molecular flexibility index (Phi) is 33.5. The zero-order chi connectivity index (χ0) is 29.4. The van der Waals surface area contributed by atoms with E-state index >= 15 is 0 Å². The van der Waals surface area contributed by atoms with Crippen LogP contribution in [0, 0.1) is 17.8 Å². The summed E-state index contributed by atoms with van der Waals surface area (Å²) in [6.07, 6.45) is 47.0. The summed E-state index contributed by atoms with van der Waals surface area (Å²) >= 11 is 0. The molecule has 0 radical (unpaired) electrons. The van der Waals surface area contributed by atoms with Crippen molar-refractivity contribution in [3.63, 3.8) is 0 Å². The summed E-state index contributed by atoms with van der Waals surface area (Å²) in [7, 11) is 0. The fourth-order valence-corrected chi connectivity index (χ4v) is 6.72. The molecule has 0 spiro atoms. The fourth-order valence-electron chi connectivity index (χ4n) is 6.72. The molecule has 0 amide bonds. The SMILES string of the molecule is CCCCCCCCCCCCCCC(C)CCCCCCCCCC(C)CCCC(C)CCCCCCCC. The summed E-state index contributed by atoms with van der Waals surface area (Å²) in [5.41, 5.74) is 0. The molecule has 0 aromatic rings. The van der Waals surface area contributed by atoms with Crippen LogP contribution in [-0.2, 0) is 0 Å². The minimum Gasteiger partial charge on any atom is -0.0654 e. The van der Waals surface area contributed by atoms with Crippen molar-refractivity contribution in [3.05, 3.63) is 0 Å². The van der Waals surface area contributed by atoms with Gasteiger partial charge in [-0.25, -0.2) is 0 Å². The summed E-state index contributed by atoms with van der Waals surface area (Å²) in [5, 5.41) is 0. The second-order valence-electron chi connectivity index (χ2n) is 14.5. The van der Waals surface area contributed by atoms with E-state index in [0.717, 1.165) is 17.8 Å². The molecule has 0 heteroatoms. The lowest BCUT2D eigenvalue weighted by Gasteiger charge is -2.14. The highest BCUT2D eigenvalue weighted by molar-refractivity contribution is 4.60. The Bertz CT molecular complexity index is 439. The third-order valence-electron chi connectivity index (χ3n) is 9.89. The van der Waals surface area contributed by atoms with Crippen LogP contribution in [0.5, 0.6) is 0 Å². The van der Waals surface area contributed by atoms with Gasteiger partial charge in [-0.15, -0.1) is 0 Å². The van der Waals surface area contributed by atoms with E-state index in [4.69, 9.17) is 0 Å². The van der Waals surface area contributed by atoms with Crippen LogP contribution in [0.4, 0.5) is 0 Å². The molecule has 0 bridgehead atoms. The molecule has 40 heavy (non-hydrogen) atoms. The van der Waals surface area contributed by atoms with Crippen LogP contribution in [0.3, 0.4) is 0 Å². The zero-order valence-corrected chi connectivity index (χ0v) is 29.4. The van der Waals surface area contributed by atoms with Crippen LogP contribution in [0.15, 0.2) is 0 Å². The van der Waals surface area contributed by atoms with Crippen LogP contribution in [0.2, 0.25) is 0 Å². The van der Waals surface area contributed by atoms with Crippen molar-refractivity contribution in [3.8, 4) is 0 Å². The maximum Gasteiger partial charge on any atom is -0.0443 e. The average Bonchev–Trinajstić information content (AvgIpc) is 2.94. The lowest BCUT2D eigenvalue weighted by Crippen LogP contribution is -1.99. The van der Waals surface area contributed by atoms with Gasteiger partial charge >= 0.3 is 0 Å². The molecular formula is C40H82. The molecule has 0 fully saturated rings. The van der Waals surface area contributed by atoms with E-state index in [-0.39, 0.29) is 0 Å². The number of hydrogen-bond acceptors (Lipinski definition) is 0. The molecular weight excluding hydrogens is 480 g/mol. The van der Waals surface area contributed by atoms with Crippen molar-refractivity contribution in [1.29, 1.82) is 0 Å². The van der Waals surface area contributed by atoms with E-state index in [9.17, 15) is 0 Å². The summed E-state index contributed by atoms with van der Waals surface area (Å²) in [6.45, 7) is 12.1. The highest BCUT2D eigenvalue weighted by atomic mass is 14.1. The van der Waals surface area contributed by atoms with Gasteiger partial charge in [-0.2, -0.15) is 0 Å². The van der Waals surface area contributed by atoms with Gasteiger partial charge in [-0.05, 0) is 17.8 Å². The molecule has 3 unspecified atom stereocenters. The molecule has 0 N–H and O–H groups in total. The van der Waals surface area contributed by atoms with Crippen LogP contribution in [0.1, 0.15) is 240 Å². The molecule has 0 aliphatic carbocycles. The van der Waals surface area contributed by atoms with Crippen LogP contribution >= 0.6 is 0 Å². The Labute approximate surface area is 257 Å². The van der Waals surface area contributed by atoms with Gasteiger partial charge in [0.05, 0.1) is 0 Å². The molecule has 3 atom stereocenters. The predicted octanol–water partition coefficient (Wildman–Crippen LogP) is 15.4. The largest absolute Gasteiger partial charge is 0.0654 e. The van der Waals surface area contributed by atoms with E-state index in [2.05, 4.69) is 34.6 Å². The smallest absolute Gasteiger partial charge is 0.0443 e. The molecule has 0 nitrogen and oxygen atoms in total. The highest BCUT2D eigenvalue weighted by Gasteiger charge is 2.06. The zero-order valence-electron chi connectivity index (χ0n) is 29.4. The number of hydrogen-bond donors (Lipinski definition) is 0. The molecule has 242 valence electrons. The fraction of sp³-hybridized carbons (Fsp3) is 1.00. The first-order valence-electron chi connectivity index (χ1n) is 19.6. The van der Waals surface area contributed by atoms with Gasteiger partial charge in [-0.1, -0.05) is 240 Å². The molecule has 0 aliphatic heterocycles. The molecule has 0 aromatic carbocycles. The van der Waals surface area contributed by atoms with Crippen LogP contribution in [0.25, 0.3) is 0 Å². The third-order valence-corrected chi connectivity index (χ3v) is 9.89. The Balaban J connectivity index is 3.31. The number of unbranched alkanes of at least 4 members (excludes halogenated alkanes) is 22. The minimum atomic E-state index is 0.952. The van der Waals surface area contributed by atoms with E-state index in [1.807, 2.05) is 0 Å². The number of rotatable bonds is 34. The Morgan fingerprint density at radius 1 is 0.225 bits per heavy atom. The maximum absolute atomic E-state index is 2.51. The van der Waals surface area contributed by atoms with Crippen molar-refractivity contribution < 1.29 is 0 Å². The molecule has 0 aliphatic rings. The Hall–Kier alpha value is 0. The van der Waals surface area contributed by atoms with Gasteiger partial charge in [0.25, 0.3) is 0 Å². The van der Waals surface area contributed by atoms with Gasteiger partial charge in [0.2, 0.25) is 0 Å². The van der Waals surface area contributed by atoms with Gasteiger partial charge < -0.3 is 0 Å². The maximum atomic E-state index is 2.51. The van der Waals surface area contributed by atoms with Crippen molar-refractivity contribution in [1.82, 2.24) is 0 Å². The van der Waals surface area contributed by atoms with Crippen molar-refractivity contribution in [2.24, 2.45) is 17.8 Å². The first-order valence-corrected chi connectivity index (χ1v) is 19.6. The third kappa shape index (κ3) is 32.5. The van der Waals surface area contributed by atoms with E-state index < -0.39 is 0 Å². The predicted molar refractivity (Wildman–Crippen MR) is 187 cm³/mol. The average molecular weight is 563 g/mol. The lowest BCUT2D eigenvalue weighted by molar-refractivity contribution is 0.390. The lowest BCUT2D eigenvalue weighted by atomic mass is 9.92. The summed E-state index contributed by atoms with van der Waals surface area (Å²) < 4.78 is 0. The van der Waals surface area contributed by atoms with E-state index in [1.54, 1.807) is 0 Å². The minimum absolute atomic E-state index is 0.952. The second-order valence-corrected chi connectivity index (χ2v) is 14.5. The molecule has 0 rings (SSSR count). The monoisotopic (exact) mass is 563 g/mol. The Morgan fingerprint density at radius 2 is 0.400 bits per heavy atom. The quantitative estimate of drug-likeness (QED) is 0.0684. The van der Waals surface area contributed by atoms with Crippen molar-refractivity contribution >= 4 is 0 Å². The first kappa shape index (κ1) is 40.0. The Morgan fingerprint density at radius 3 is 0.625 bits per heavy atom. The standard InChI is InChI=1S/C40H82/c1-6-8-10-12-14-15-16-17-18-20-24-28-32-38(3)33-29-25-21-19-22-26-30-35-40(5)37-31-36-39(4)34-27-23-13-11-9-7-2/h38-40H,6-37H2,1-5H3. The van der Waals surface area contributed by atoms with Gasteiger partial charge in [0.15, 0.2) is 0 Å². The first-order chi connectivity index (χ1) is 19.6. The molecule has 0 aromatic heterocycles. The van der Waals surface area contributed by atoms with E-state index in [0.29, 0.717) is 0 Å². The van der Waals surface area contributed by atoms with Crippen LogP contribution in [-0.4, -0.2) is 0 Å². The van der Waals surface area contributed by atoms with Crippen molar-refractivity contribution in [2.75, 3.05) is 0 Å². The highest BCUT2D eigenvalue weighted by Crippen LogP contribution is 2.22. The second kappa shape index (κ2) is 33.5. The summed E-state index contributed by atoms with van der Waals surface area (Å²) in [4.78, 5) is 0.